The normalized spacial score (nSPS) is 21.3. The van der Waals surface area contributed by atoms with Crippen molar-refractivity contribution >= 4 is 23.5 Å². The van der Waals surface area contributed by atoms with Crippen LogP contribution in [0.3, 0.4) is 0 Å². The minimum Gasteiger partial charge on any atom is -0.409 e. The van der Waals surface area contributed by atoms with Gasteiger partial charge in [-0.2, -0.15) is 11.8 Å². The van der Waals surface area contributed by atoms with Crippen molar-refractivity contribution in [3.63, 3.8) is 0 Å². The van der Waals surface area contributed by atoms with E-state index in [1.165, 1.54) is 0 Å². The molecule has 0 aromatic heterocycles. The summed E-state index contributed by atoms with van der Waals surface area (Å²) in [5.74, 6) is -0.206. The maximum Gasteiger partial charge on any atom is 0.234 e. The number of ether oxygens (including phenoxy) is 1. The van der Waals surface area contributed by atoms with Crippen LogP contribution in [-0.4, -0.2) is 48.2 Å². The number of nitrogens with two attached hydrogens (primary N) is 1. The molecular weight excluding hydrogens is 254 g/mol. The Bertz CT molecular complexity index is 317. The molecule has 0 spiro atoms. The molecule has 0 bridgehead atoms. The van der Waals surface area contributed by atoms with E-state index >= 15 is 0 Å². The zero-order valence-electron chi connectivity index (χ0n) is 10.8. The second kappa shape index (κ2) is 6.84. The third-order valence-electron chi connectivity index (χ3n) is 3.33. The molecule has 1 rings (SSSR count). The van der Waals surface area contributed by atoms with E-state index in [-0.39, 0.29) is 11.7 Å². The molecule has 1 aliphatic rings. The van der Waals surface area contributed by atoms with Gasteiger partial charge in [-0.25, -0.2) is 0 Å². The standard InChI is InChI=1S/C11H21N3O3S/c1-8(18-2)7-13-10(15)11(9(12)14-16)3-5-17-6-4-11/h8,16H,3-7H2,1-2H3,(H2,12,14)(H,13,15). The Hall–Kier alpha value is -0.950. The SMILES string of the molecule is CSC(C)CNC(=O)C1(C(N)=NO)CCOCC1. The fourth-order valence-electron chi connectivity index (χ4n) is 1.90. The van der Waals surface area contributed by atoms with E-state index in [0.717, 1.165) is 0 Å². The fourth-order valence-corrected chi connectivity index (χ4v) is 2.15. The molecule has 0 aromatic carbocycles. The molecule has 104 valence electrons. The number of rotatable bonds is 5. The Morgan fingerprint density at radius 3 is 2.72 bits per heavy atom. The van der Waals surface area contributed by atoms with Crippen molar-refractivity contribution in [1.29, 1.82) is 0 Å². The highest BCUT2D eigenvalue weighted by Gasteiger charge is 2.44. The van der Waals surface area contributed by atoms with Gasteiger partial charge < -0.3 is 21.0 Å². The third-order valence-corrected chi connectivity index (χ3v) is 4.30. The lowest BCUT2D eigenvalue weighted by Gasteiger charge is -2.34. The summed E-state index contributed by atoms with van der Waals surface area (Å²) in [5, 5.41) is 15.1. The topological polar surface area (TPSA) is 96.9 Å². The summed E-state index contributed by atoms with van der Waals surface area (Å²) in [4.78, 5) is 12.3. The molecule has 0 radical (unpaired) electrons. The van der Waals surface area contributed by atoms with E-state index in [4.69, 9.17) is 15.7 Å². The molecule has 0 aromatic rings. The van der Waals surface area contributed by atoms with Crippen molar-refractivity contribution in [2.24, 2.45) is 16.3 Å². The van der Waals surface area contributed by atoms with Gasteiger partial charge in [-0.1, -0.05) is 12.1 Å². The summed E-state index contributed by atoms with van der Waals surface area (Å²) in [7, 11) is 0. The molecule has 1 aliphatic heterocycles. The van der Waals surface area contributed by atoms with Gasteiger partial charge in [-0.3, -0.25) is 4.79 Å². The van der Waals surface area contributed by atoms with Crippen molar-refractivity contribution in [1.82, 2.24) is 5.32 Å². The predicted molar refractivity (Wildman–Crippen MR) is 71.9 cm³/mol. The predicted octanol–water partition coefficient (Wildman–Crippen LogP) is 0.397. The highest BCUT2D eigenvalue weighted by Crippen LogP contribution is 2.31. The lowest BCUT2D eigenvalue weighted by atomic mass is 9.78. The van der Waals surface area contributed by atoms with Crippen LogP contribution in [0.4, 0.5) is 0 Å². The van der Waals surface area contributed by atoms with Crippen LogP contribution >= 0.6 is 11.8 Å². The van der Waals surface area contributed by atoms with Gasteiger partial charge in [0.15, 0.2) is 5.84 Å². The lowest BCUT2D eigenvalue weighted by Crippen LogP contribution is -2.53. The summed E-state index contributed by atoms with van der Waals surface area (Å²) in [6.45, 7) is 3.50. The van der Waals surface area contributed by atoms with Crippen molar-refractivity contribution in [2.75, 3.05) is 26.0 Å². The molecule has 0 aliphatic carbocycles. The number of carbonyl (C=O) groups is 1. The van der Waals surface area contributed by atoms with Crippen LogP contribution in [0.25, 0.3) is 0 Å². The van der Waals surface area contributed by atoms with Gasteiger partial charge in [0.05, 0.1) is 0 Å². The number of nitrogens with zero attached hydrogens (tertiary/aromatic N) is 1. The molecule has 1 atom stereocenters. The maximum atomic E-state index is 12.3. The molecule has 1 fully saturated rings. The monoisotopic (exact) mass is 275 g/mol. The van der Waals surface area contributed by atoms with Gasteiger partial charge in [0.25, 0.3) is 0 Å². The molecule has 1 heterocycles. The summed E-state index contributed by atoms with van der Waals surface area (Å²) >= 11 is 1.68. The number of hydrogen-bond acceptors (Lipinski definition) is 5. The van der Waals surface area contributed by atoms with Crippen molar-refractivity contribution in [2.45, 2.75) is 25.0 Å². The number of carbonyl (C=O) groups excluding carboxylic acids is 1. The quantitative estimate of drug-likeness (QED) is 0.292. The number of amides is 1. The Labute approximate surface area is 111 Å². The van der Waals surface area contributed by atoms with Crippen LogP contribution in [-0.2, 0) is 9.53 Å². The average molecular weight is 275 g/mol. The van der Waals surface area contributed by atoms with Crippen LogP contribution in [0, 0.1) is 5.41 Å². The summed E-state index contributed by atoms with van der Waals surface area (Å²) in [6, 6.07) is 0. The highest BCUT2D eigenvalue weighted by molar-refractivity contribution is 7.99. The van der Waals surface area contributed by atoms with Gasteiger partial charge in [-0.15, -0.1) is 0 Å². The molecule has 0 saturated carbocycles. The Morgan fingerprint density at radius 2 is 2.22 bits per heavy atom. The van der Waals surface area contributed by atoms with Crippen molar-refractivity contribution in [3.8, 4) is 0 Å². The molecule has 1 saturated heterocycles. The van der Waals surface area contributed by atoms with Gasteiger partial charge in [-0.05, 0) is 19.1 Å². The first-order chi connectivity index (χ1) is 8.56. The number of amidine groups is 1. The third kappa shape index (κ3) is 3.29. The van der Waals surface area contributed by atoms with Gasteiger partial charge in [0.1, 0.15) is 5.41 Å². The van der Waals surface area contributed by atoms with Crippen LogP contribution in [0.2, 0.25) is 0 Å². The zero-order valence-corrected chi connectivity index (χ0v) is 11.6. The van der Waals surface area contributed by atoms with Gasteiger partial charge in [0.2, 0.25) is 5.91 Å². The van der Waals surface area contributed by atoms with Crippen LogP contribution in [0.1, 0.15) is 19.8 Å². The summed E-state index contributed by atoms with van der Waals surface area (Å²) in [6.07, 6.45) is 2.88. The first-order valence-corrected chi connectivity index (χ1v) is 7.22. The molecule has 1 unspecified atom stereocenters. The minimum absolute atomic E-state index is 0.0277. The van der Waals surface area contributed by atoms with E-state index in [1.807, 2.05) is 13.2 Å². The molecular formula is C11H21N3O3S. The first kappa shape index (κ1) is 15.1. The lowest BCUT2D eigenvalue weighted by molar-refractivity contribution is -0.131. The van der Waals surface area contributed by atoms with E-state index in [0.29, 0.717) is 37.9 Å². The fraction of sp³-hybridized carbons (Fsp3) is 0.818. The van der Waals surface area contributed by atoms with Crippen molar-refractivity contribution in [3.05, 3.63) is 0 Å². The molecule has 1 amide bonds. The van der Waals surface area contributed by atoms with Crippen LogP contribution in [0.15, 0.2) is 5.16 Å². The number of oxime groups is 1. The minimum atomic E-state index is -0.925. The summed E-state index contributed by atoms with van der Waals surface area (Å²) < 4.78 is 5.24. The number of nitrogens with one attached hydrogen (secondary N) is 1. The Balaban J connectivity index is 2.74. The average Bonchev–Trinajstić information content (AvgIpc) is 2.43. The second-order valence-electron chi connectivity index (χ2n) is 4.44. The molecule has 18 heavy (non-hydrogen) atoms. The largest absolute Gasteiger partial charge is 0.409 e. The number of thioether (sulfide) groups is 1. The van der Waals surface area contributed by atoms with Crippen molar-refractivity contribution < 1.29 is 14.7 Å². The van der Waals surface area contributed by atoms with Crippen LogP contribution in [0.5, 0.6) is 0 Å². The molecule has 4 N–H and O–H groups in total. The zero-order chi connectivity index (χ0) is 13.6. The van der Waals surface area contributed by atoms with E-state index < -0.39 is 5.41 Å². The highest BCUT2D eigenvalue weighted by atomic mass is 32.2. The Morgan fingerprint density at radius 1 is 1.61 bits per heavy atom. The molecule has 6 nitrogen and oxygen atoms in total. The Kier molecular flexibility index (Phi) is 5.74. The summed E-state index contributed by atoms with van der Waals surface area (Å²) in [5.41, 5.74) is 4.78. The maximum absolute atomic E-state index is 12.3. The van der Waals surface area contributed by atoms with E-state index in [2.05, 4.69) is 10.5 Å². The van der Waals surface area contributed by atoms with E-state index in [1.54, 1.807) is 11.8 Å². The second-order valence-corrected chi connectivity index (χ2v) is 5.71. The van der Waals surface area contributed by atoms with Crippen LogP contribution < -0.4 is 11.1 Å². The van der Waals surface area contributed by atoms with Gasteiger partial charge in [0, 0.05) is 25.0 Å². The van der Waals surface area contributed by atoms with Gasteiger partial charge >= 0.3 is 0 Å². The van der Waals surface area contributed by atoms with E-state index in [9.17, 15) is 4.79 Å². The molecule has 7 heteroatoms. The number of hydrogen-bond donors (Lipinski definition) is 3. The smallest absolute Gasteiger partial charge is 0.234 e. The first-order valence-electron chi connectivity index (χ1n) is 5.93.